The van der Waals surface area contributed by atoms with E-state index in [9.17, 15) is 9.18 Å². The molecule has 9 aromatic carbocycles. The summed E-state index contributed by atoms with van der Waals surface area (Å²) in [7, 11) is 20.1. The van der Waals surface area contributed by atoms with E-state index in [0.717, 1.165) is 120 Å². The molecule has 0 aliphatic heterocycles. The van der Waals surface area contributed by atoms with Crippen LogP contribution in [-0.4, -0.2) is 185 Å². The van der Waals surface area contributed by atoms with E-state index in [1.807, 2.05) is 244 Å². The first-order valence-corrected chi connectivity index (χ1v) is 45.4. The lowest BCUT2D eigenvalue weighted by atomic mass is 9.93. The number of aliphatic hydroxyl groups excluding tert-OH is 1. The average Bonchev–Trinajstić information content (AvgIpc) is 0.819. The summed E-state index contributed by atoms with van der Waals surface area (Å²) in [6.45, 7) is 32.6. The van der Waals surface area contributed by atoms with Gasteiger partial charge >= 0.3 is 30.8 Å². The Kier molecular flexibility index (Phi) is 64.4. The van der Waals surface area contributed by atoms with Crippen molar-refractivity contribution in [2.45, 2.75) is 119 Å². The average molecular weight is 2050 g/mol. The number of alkyl halides is 1. The highest BCUT2D eigenvalue weighted by atomic mass is 19.1. The number of anilines is 3. The fourth-order valence-corrected chi connectivity index (χ4v) is 13.8. The topological polar surface area (TPSA) is 490 Å². The number of aromatic nitrogens is 5. The number of pyridine rings is 5. The zero-order valence-electron chi connectivity index (χ0n) is 89.2. The number of nitrogens with one attached hydrogen (secondary N) is 3. The Balaban J connectivity index is 0.00000166. The number of carbonyl (C=O) groups is 1. The summed E-state index contributed by atoms with van der Waals surface area (Å²) < 4.78 is 51.6. The SMILES string of the molecule is CC(=O)Nc1nccc2cc(C)ccc12.CCc1ccc(OC)cc1C.CN(C)C(OC(C)(C)C)N(C)C.CO.COc1ccc(Cn2ccc3cc(C)ccc3c2=N)c(OC)c1.COc1ccc(Cn2ccc3ccccc3c2=N)c(OC)c1.Nc1nccc2c1CCCC2.Nc1nccc2ccccc12.O=C=O.O=C=O.O=C=O.O=C=O.O=C=O.[2H]CF.[C-]#[N+]c1ccc(C#N)c(/C=C/N(C)C)c1.[C-]#[N+]c1ccc(C#N)c(C)c1. The lowest BCUT2D eigenvalue weighted by Crippen LogP contribution is -2.46. The largest absolute Gasteiger partial charge is 0.497 e. The van der Waals surface area contributed by atoms with Crippen molar-refractivity contribution in [1.29, 1.82) is 21.3 Å². The molecule has 15 rings (SSSR count). The highest BCUT2D eigenvalue weighted by Crippen LogP contribution is 2.30. The lowest BCUT2D eigenvalue weighted by molar-refractivity contribution is -0.193. The zero-order chi connectivity index (χ0) is 114. The molecule has 1 amide bonds. The molecular weight excluding hydrogens is 1910 g/mol. The van der Waals surface area contributed by atoms with Crippen molar-refractivity contribution in [2.75, 3.05) is 109 Å². The molecular formula is C114H130FN17O18. The summed E-state index contributed by atoms with van der Waals surface area (Å²) >= 11 is 0. The van der Waals surface area contributed by atoms with Crippen molar-refractivity contribution in [2.24, 2.45) is 0 Å². The number of hydrogen-bond donors (Lipinski definition) is 6. The number of halogens is 1. The highest BCUT2D eigenvalue weighted by molar-refractivity contribution is 5.99. The van der Waals surface area contributed by atoms with E-state index in [1.54, 1.807) is 90.5 Å². The molecule has 0 saturated heterocycles. The van der Waals surface area contributed by atoms with Crippen molar-refractivity contribution < 1.29 is 92.0 Å². The predicted octanol–water partition coefficient (Wildman–Crippen LogP) is 18.7. The van der Waals surface area contributed by atoms with Gasteiger partial charge in [0.15, 0.2) is 17.7 Å². The van der Waals surface area contributed by atoms with Crippen molar-refractivity contribution >= 4 is 115 Å². The van der Waals surface area contributed by atoms with E-state index in [-0.39, 0.29) is 48.6 Å². The van der Waals surface area contributed by atoms with Gasteiger partial charge < -0.3 is 64.3 Å². The van der Waals surface area contributed by atoms with Crippen LogP contribution >= 0.6 is 0 Å². The zero-order valence-corrected chi connectivity index (χ0v) is 88.2. The number of ether oxygens (including phenoxy) is 6. The van der Waals surface area contributed by atoms with Crippen LogP contribution in [0.4, 0.5) is 33.2 Å². The first-order valence-electron chi connectivity index (χ1n) is 46.1. The molecule has 0 unspecified atom stereocenters. The summed E-state index contributed by atoms with van der Waals surface area (Å²) in [5, 5.41) is 52.3. The summed E-state index contributed by atoms with van der Waals surface area (Å²) in [6.07, 6.45) is 20.1. The molecule has 0 atom stereocenters. The summed E-state index contributed by atoms with van der Waals surface area (Å²) in [4.78, 5) is 117. The second-order valence-electron chi connectivity index (χ2n) is 32.7. The number of hydrogen-bond acceptors (Lipinski definition) is 30. The maximum atomic E-state index is 11.0. The third-order valence-electron chi connectivity index (χ3n) is 20.6. The summed E-state index contributed by atoms with van der Waals surface area (Å²) in [5.74, 6) is 5.85. The first kappa shape index (κ1) is 130. The van der Waals surface area contributed by atoms with E-state index in [1.165, 1.54) is 59.6 Å². The number of nitriles is 2. The van der Waals surface area contributed by atoms with Crippen LogP contribution in [0.25, 0.3) is 58.9 Å². The Morgan fingerprint density at radius 2 is 0.940 bits per heavy atom. The van der Waals surface area contributed by atoms with Crippen LogP contribution in [0.3, 0.4) is 0 Å². The first-order chi connectivity index (χ1) is 72.2. The molecule has 0 radical (unpaired) electrons. The molecule has 36 heteroatoms. The van der Waals surface area contributed by atoms with Gasteiger partial charge in [-0.1, -0.05) is 139 Å². The molecule has 0 fully saturated rings. The normalized spacial score (nSPS) is 9.95. The minimum atomic E-state index is -1.00. The van der Waals surface area contributed by atoms with Crippen molar-refractivity contribution in [3.05, 3.63) is 344 Å². The van der Waals surface area contributed by atoms with Gasteiger partial charge in [0.2, 0.25) is 5.91 Å². The van der Waals surface area contributed by atoms with Gasteiger partial charge in [0.25, 0.3) is 0 Å². The molecule has 5 aromatic heterocycles. The Labute approximate surface area is 875 Å². The molecule has 35 nitrogen and oxygen atoms in total. The number of nitrogens with two attached hydrogens (primary N) is 2. The second-order valence-corrected chi connectivity index (χ2v) is 32.7. The number of carbonyl (C=O) groups excluding carboxylic acids is 11. The van der Waals surface area contributed by atoms with Gasteiger partial charge in [-0.05, 0) is 249 Å². The molecule has 786 valence electrons. The molecule has 1 aliphatic rings. The van der Waals surface area contributed by atoms with E-state index in [0.29, 0.717) is 58.2 Å². The molecule has 8 N–H and O–H groups in total. The van der Waals surface area contributed by atoms with E-state index < -0.39 is 7.15 Å². The quantitative estimate of drug-likeness (QED) is 0.0386. The van der Waals surface area contributed by atoms with Gasteiger partial charge in [-0.15, -0.1) is 0 Å². The number of aliphatic hydroxyl groups is 1. The Bertz CT molecular complexity index is 7050. The van der Waals surface area contributed by atoms with Crippen molar-refractivity contribution in [1.82, 2.24) is 38.8 Å². The molecule has 5 heterocycles. The maximum absolute atomic E-state index is 11.0. The number of rotatable bonds is 16. The molecule has 0 bridgehead atoms. The standard InChI is InChI=1S/C19H20N2O2.C18H18N2O2.C12H11N3.C12H12N2O.C10H14O.C9H22N2O.C9H12N2.C9H8N2.C9H6N2.CH3F.5CO2.CH4O/c1-13-4-7-17-14(10-13)8-9-21(19(17)20)12-15-5-6-16(22-2)11-18(15)23-3;1-21-15-8-7-14(17(11-15)22-2)12-20-10-9-13-5-3-4-6-16(13)18(20)19;1-14-12-5-4-11(9-13)10(8-12)6-7-15(2)3;1-8-3-4-11-10(7-8)5-6-13-12(11)14-9(2)15;1-4-9-5-6-10(11-3)7-8(9)2;1-9(2,3)12-8(10(4)5)11(6)7;2*10-9-8-4-2-1-3-7(8)5-6-11-9;1-7-5-9(11-2)4-3-8(7)6-10;1-2;5*2-1-3;1-2/h4-11,20H,12H2,1-3H3;3-11,19H,12H2,1-2H3;4-8H,2-3H3;3-7H,1-2H3,(H,13,14,15);5-7H,4H2,1-3H3;8H,1-7H3;5-6H,1-4H2,(H2,10,11);1-6H,(H2,10,11);3-5H,1H3;1H3;;;;;;2H,1H3/b;;7-6+;;;;;;;;;;;;;/i;;;;;;;;;1D;;;;;;. The Morgan fingerprint density at radius 3 is 1.37 bits per heavy atom. The fourth-order valence-electron chi connectivity index (χ4n) is 13.8. The Hall–Kier alpha value is -18.4. The minimum Gasteiger partial charge on any atom is -0.497 e. The Morgan fingerprint density at radius 1 is 0.527 bits per heavy atom. The van der Waals surface area contributed by atoms with Crippen LogP contribution in [0, 0.1) is 74.3 Å². The number of nitrogens with zero attached hydrogens (tertiary/aromatic N) is 12. The van der Waals surface area contributed by atoms with Crippen LogP contribution in [0.5, 0.6) is 28.7 Å². The number of nitrogen functional groups attached to an aromatic ring is 2. The fraction of sp³-hybridized carbons (Fsp3) is 0.272. The van der Waals surface area contributed by atoms with E-state index >= 15 is 0 Å². The lowest BCUT2D eigenvalue weighted by Gasteiger charge is -2.35. The number of methoxy groups -OCH3 is 5. The molecule has 0 saturated carbocycles. The second kappa shape index (κ2) is 74.5. The van der Waals surface area contributed by atoms with Crippen LogP contribution in [-0.2, 0) is 89.8 Å². The van der Waals surface area contributed by atoms with Gasteiger partial charge in [0.1, 0.15) is 57.2 Å². The van der Waals surface area contributed by atoms with E-state index in [4.69, 9.17) is 129 Å². The third kappa shape index (κ3) is 47.9. The summed E-state index contributed by atoms with van der Waals surface area (Å²) in [6, 6.07) is 70.0. The molecule has 14 aromatic rings. The van der Waals surface area contributed by atoms with Gasteiger partial charge in [0, 0.05) is 104 Å². The summed E-state index contributed by atoms with van der Waals surface area (Å²) in [5.41, 5.74) is 26.1. The molecule has 150 heavy (non-hydrogen) atoms. The van der Waals surface area contributed by atoms with Crippen LogP contribution in [0.15, 0.2) is 243 Å². The van der Waals surface area contributed by atoms with Gasteiger partial charge in [-0.25, -0.2) is 24.6 Å². The minimum absolute atomic E-state index is 0.0463. The van der Waals surface area contributed by atoms with Gasteiger partial charge in [0.05, 0.1) is 99.2 Å². The monoisotopic (exact) mass is 2040 g/mol. The molecule has 1 aliphatic carbocycles. The van der Waals surface area contributed by atoms with Gasteiger partial charge in [-0.2, -0.15) is 58.5 Å². The van der Waals surface area contributed by atoms with Gasteiger partial charge in [-0.3, -0.25) is 29.8 Å². The number of fused-ring (bicyclic) bond motifs is 5. The third-order valence-corrected chi connectivity index (χ3v) is 20.6. The number of aryl methyl sites for hydroxylation is 6. The number of benzene rings is 9. The van der Waals surface area contributed by atoms with Crippen LogP contribution < -0.4 is 51.4 Å². The predicted molar refractivity (Wildman–Crippen MR) is 571 cm³/mol. The van der Waals surface area contributed by atoms with E-state index in [2.05, 4.69) is 114 Å². The maximum Gasteiger partial charge on any atom is 0.373 e. The highest BCUT2D eigenvalue weighted by Gasteiger charge is 2.22. The van der Waals surface area contributed by atoms with Crippen molar-refractivity contribution in [3.63, 3.8) is 0 Å². The van der Waals surface area contributed by atoms with Crippen LogP contribution in [0.2, 0.25) is 0 Å². The van der Waals surface area contributed by atoms with Crippen LogP contribution in [0.1, 0.15) is 116 Å². The smallest absolute Gasteiger partial charge is 0.373 e. The number of amides is 1. The molecule has 0 spiro atoms. The van der Waals surface area contributed by atoms with Crippen molar-refractivity contribution in [3.8, 4) is 40.9 Å².